The third kappa shape index (κ3) is 2.97. The molecule has 0 spiro atoms. The highest BCUT2D eigenvalue weighted by Gasteiger charge is 2.48. The van der Waals surface area contributed by atoms with Crippen molar-refractivity contribution < 1.29 is 28.6 Å². The van der Waals surface area contributed by atoms with Crippen LogP contribution in [0.1, 0.15) is 23.8 Å². The Morgan fingerprint density at radius 1 is 1.21 bits per heavy atom. The molecular weight excluding hydrogens is 380 g/mol. The van der Waals surface area contributed by atoms with Crippen molar-refractivity contribution in [1.82, 2.24) is 0 Å². The quantitative estimate of drug-likeness (QED) is 0.657. The fourth-order valence-electron chi connectivity index (χ4n) is 3.49. The van der Waals surface area contributed by atoms with Crippen LogP contribution in [-0.2, 0) is 9.53 Å². The van der Waals surface area contributed by atoms with E-state index in [0.29, 0.717) is 5.56 Å². The lowest BCUT2D eigenvalue weighted by Crippen LogP contribution is -2.46. The molecule has 2 aromatic rings. The first-order valence-corrected chi connectivity index (χ1v) is 8.58. The summed E-state index contributed by atoms with van der Waals surface area (Å²) in [5.41, 5.74) is 4.30. The summed E-state index contributed by atoms with van der Waals surface area (Å²) >= 11 is 0. The first-order chi connectivity index (χ1) is 13.7. The number of carbonyl (C=O) groups excluding carboxylic acids is 2. The number of hydrogen-bond donors (Lipinski definition) is 3. The molecule has 0 saturated carbocycles. The highest BCUT2D eigenvalue weighted by atomic mass is 16.6. The van der Waals surface area contributed by atoms with Crippen LogP contribution < -0.4 is 21.4 Å². The summed E-state index contributed by atoms with van der Waals surface area (Å²) in [5, 5.41) is 13.5. The van der Waals surface area contributed by atoms with Crippen LogP contribution in [0.2, 0.25) is 0 Å². The van der Waals surface area contributed by atoms with Gasteiger partial charge >= 0.3 is 17.6 Å². The second-order valence-corrected chi connectivity index (χ2v) is 6.61. The standard InChI is InChI=1S/C20H16N2O7/c1-9-7-12(22-19(21)25)15(17(23)27-9)14-11-5-3-4-6-13(11)29-20(26)8-10(2)28-18(24)16(14)20/h3-8,26H,1-2H3,(H3,21,22,25). The maximum absolute atomic E-state index is 12.8. The Hall–Kier alpha value is -3.85. The number of aryl methyl sites for hydroxylation is 1. The minimum absolute atomic E-state index is 0.0144. The SMILES string of the molecule is CC1=CC2(O)Oc3ccccc3C(c3c(NC(N)=O)cc(C)oc3=O)=C2C(=O)O1. The van der Waals surface area contributed by atoms with Crippen LogP contribution in [0.4, 0.5) is 10.5 Å². The van der Waals surface area contributed by atoms with E-state index in [1.807, 2.05) is 0 Å². The first-order valence-electron chi connectivity index (χ1n) is 8.58. The molecule has 3 heterocycles. The molecule has 9 heteroatoms. The Morgan fingerprint density at radius 3 is 2.66 bits per heavy atom. The molecule has 0 radical (unpaired) electrons. The average Bonchev–Trinajstić information content (AvgIpc) is 2.58. The molecule has 0 saturated heterocycles. The van der Waals surface area contributed by atoms with Crippen LogP contribution in [0, 0.1) is 6.92 Å². The van der Waals surface area contributed by atoms with Gasteiger partial charge in [0.25, 0.3) is 5.79 Å². The number of amides is 2. The van der Waals surface area contributed by atoms with E-state index in [-0.39, 0.29) is 39.7 Å². The number of esters is 1. The van der Waals surface area contributed by atoms with Crippen LogP contribution in [-0.4, -0.2) is 22.9 Å². The van der Waals surface area contributed by atoms with Crippen molar-refractivity contribution in [1.29, 1.82) is 0 Å². The van der Waals surface area contributed by atoms with Crippen LogP contribution >= 0.6 is 0 Å². The summed E-state index contributed by atoms with van der Waals surface area (Å²) in [5.74, 6) is -2.51. The van der Waals surface area contributed by atoms with Gasteiger partial charge in [-0.05, 0) is 19.9 Å². The Bertz CT molecular complexity index is 1190. The smallest absolute Gasteiger partial charge is 0.346 e. The van der Waals surface area contributed by atoms with E-state index < -0.39 is 23.4 Å². The number of allylic oxidation sites excluding steroid dienone is 1. The van der Waals surface area contributed by atoms with Gasteiger partial charge in [0.05, 0.1) is 11.3 Å². The van der Waals surface area contributed by atoms with Gasteiger partial charge < -0.3 is 30.0 Å². The van der Waals surface area contributed by atoms with Gasteiger partial charge in [-0.2, -0.15) is 0 Å². The number of benzene rings is 1. The molecule has 0 bridgehead atoms. The first kappa shape index (κ1) is 18.5. The predicted molar refractivity (Wildman–Crippen MR) is 101 cm³/mol. The van der Waals surface area contributed by atoms with Gasteiger partial charge in [-0.15, -0.1) is 0 Å². The van der Waals surface area contributed by atoms with Crippen LogP contribution in [0.5, 0.6) is 5.75 Å². The molecule has 0 aliphatic carbocycles. The number of para-hydroxylation sites is 1. The van der Waals surface area contributed by atoms with E-state index in [9.17, 15) is 19.5 Å². The maximum Gasteiger partial charge on any atom is 0.346 e. The van der Waals surface area contributed by atoms with Crippen molar-refractivity contribution in [2.24, 2.45) is 5.73 Å². The van der Waals surface area contributed by atoms with Crippen LogP contribution in [0.3, 0.4) is 0 Å². The molecule has 2 amide bonds. The molecule has 1 aromatic heterocycles. The number of carbonyl (C=O) groups is 2. The summed E-state index contributed by atoms with van der Waals surface area (Å²) in [7, 11) is 0. The zero-order valence-corrected chi connectivity index (χ0v) is 15.4. The molecule has 2 aliphatic heterocycles. The van der Waals surface area contributed by atoms with E-state index in [1.54, 1.807) is 24.3 Å². The third-order valence-electron chi connectivity index (χ3n) is 4.47. The van der Waals surface area contributed by atoms with Crippen LogP contribution in [0.25, 0.3) is 5.57 Å². The third-order valence-corrected chi connectivity index (χ3v) is 4.47. The number of cyclic esters (lactones) is 1. The molecule has 1 atom stereocenters. The van der Waals surface area contributed by atoms with Gasteiger partial charge in [0.15, 0.2) is 0 Å². The number of anilines is 1. The summed E-state index contributed by atoms with van der Waals surface area (Å²) in [6.07, 6.45) is 1.22. The molecule has 2 aliphatic rings. The summed E-state index contributed by atoms with van der Waals surface area (Å²) in [6.45, 7) is 3.00. The number of nitrogens with one attached hydrogen (secondary N) is 1. The van der Waals surface area contributed by atoms with Gasteiger partial charge in [-0.25, -0.2) is 14.4 Å². The molecule has 1 unspecified atom stereocenters. The fraction of sp³-hybridized carbons (Fsp3) is 0.150. The van der Waals surface area contributed by atoms with Gasteiger partial charge in [-0.3, -0.25) is 0 Å². The van der Waals surface area contributed by atoms with Gasteiger partial charge in [-0.1, -0.05) is 18.2 Å². The van der Waals surface area contributed by atoms with Crippen molar-refractivity contribution in [3.05, 3.63) is 75.0 Å². The van der Waals surface area contributed by atoms with Crippen molar-refractivity contribution in [3.8, 4) is 5.75 Å². The van der Waals surface area contributed by atoms with E-state index in [2.05, 4.69) is 5.32 Å². The minimum Gasteiger partial charge on any atom is -0.453 e. The van der Waals surface area contributed by atoms with Crippen LogP contribution in [0.15, 0.2) is 57.0 Å². The number of rotatable bonds is 2. The number of urea groups is 1. The van der Waals surface area contributed by atoms with E-state index in [1.165, 1.54) is 26.0 Å². The highest BCUT2D eigenvalue weighted by molar-refractivity contribution is 6.08. The second kappa shape index (κ2) is 6.35. The minimum atomic E-state index is -2.18. The Balaban J connectivity index is 2.14. The lowest BCUT2D eigenvalue weighted by Gasteiger charge is -2.37. The molecule has 1 aromatic carbocycles. The molecular formula is C20H16N2O7. The predicted octanol–water partition coefficient (Wildman–Crippen LogP) is 1.78. The molecule has 29 heavy (non-hydrogen) atoms. The van der Waals surface area contributed by atoms with E-state index >= 15 is 0 Å². The monoisotopic (exact) mass is 396 g/mol. The number of hydrogen-bond acceptors (Lipinski definition) is 7. The van der Waals surface area contributed by atoms with Crippen molar-refractivity contribution in [2.45, 2.75) is 19.6 Å². The number of fused-ring (bicyclic) bond motifs is 2. The number of ether oxygens (including phenoxy) is 2. The van der Waals surface area contributed by atoms with E-state index in [0.717, 1.165) is 0 Å². The average molecular weight is 396 g/mol. The van der Waals surface area contributed by atoms with Gasteiger partial charge in [0.1, 0.15) is 22.8 Å². The lowest BCUT2D eigenvalue weighted by molar-refractivity contribution is -0.146. The zero-order chi connectivity index (χ0) is 20.9. The van der Waals surface area contributed by atoms with Gasteiger partial charge in [0.2, 0.25) is 0 Å². The van der Waals surface area contributed by atoms with E-state index in [4.69, 9.17) is 19.6 Å². The highest BCUT2D eigenvalue weighted by Crippen LogP contribution is 2.46. The zero-order valence-electron chi connectivity index (χ0n) is 15.4. The molecule has 4 rings (SSSR count). The van der Waals surface area contributed by atoms with Crippen molar-refractivity contribution in [2.75, 3.05) is 5.32 Å². The summed E-state index contributed by atoms with van der Waals surface area (Å²) in [4.78, 5) is 37.1. The Kier molecular flexibility index (Phi) is 4.05. The molecule has 148 valence electrons. The van der Waals surface area contributed by atoms with Crippen molar-refractivity contribution >= 4 is 23.3 Å². The number of aliphatic hydroxyl groups is 1. The summed E-state index contributed by atoms with van der Waals surface area (Å²) < 4.78 is 16.0. The number of primary amides is 1. The molecule has 4 N–H and O–H groups in total. The topological polar surface area (TPSA) is 141 Å². The van der Waals surface area contributed by atoms with Gasteiger partial charge in [0, 0.05) is 23.3 Å². The lowest BCUT2D eigenvalue weighted by atomic mass is 9.85. The fourth-order valence-corrected chi connectivity index (χ4v) is 3.49. The number of nitrogens with two attached hydrogens (primary N) is 1. The normalized spacial score (nSPS) is 20.1. The Labute approximate surface area is 164 Å². The Morgan fingerprint density at radius 2 is 1.93 bits per heavy atom. The largest absolute Gasteiger partial charge is 0.453 e. The molecule has 9 nitrogen and oxygen atoms in total. The maximum atomic E-state index is 12.8. The van der Waals surface area contributed by atoms with Crippen molar-refractivity contribution in [3.63, 3.8) is 0 Å². The second-order valence-electron chi connectivity index (χ2n) is 6.61. The summed E-state index contributed by atoms with van der Waals surface area (Å²) in [6, 6.07) is 6.98. The molecule has 0 fully saturated rings.